The third-order valence-corrected chi connectivity index (χ3v) is 2.98. The topological polar surface area (TPSA) is 55.1 Å². The molecular formula is C13H13ClN2O2. The minimum Gasteiger partial charge on any atom is -0.478 e. The minimum absolute atomic E-state index is 0.199. The van der Waals surface area contributed by atoms with Crippen LogP contribution in [0.15, 0.2) is 24.4 Å². The van der Waals surface area contributed by atoms with Gasteiger partial charge in [-0.3, -0.25) is 4.68 Å². The Kier molecular flexibility index (Phi) is 3.39. The van der Waals surface area contributed by atoms with Crippen LogP contribution in [0.3, 0.4) is 0 Å². The van der Waals surface area contributed by atoms with E-state index in [-0.39, 0.29) is 5.56 Å². The Morgan fingerprint density at radius 1 is 1.44 bits per heavy atom. The zero-order chi connectivity index (χ0) is 13.3. The molecule has 0 aliphatic heterocycles. The van der Waals surface area contributed by atoms with E-state index in [1.165, 1.54) is 6.07 Å². The average Bonchev–Trinajstić information content (AvgIpc) is 2.70. The number of halogens is 1. The van der Waals surface area contributed by atoms with Gasteiger partial charge in [-0.15, -0.1) is 0 Å². The molecule has 0 fully saturated rings. The number of hydrogen-bond acceptors (Lipinski definition) is 2. The van der Waals surface area contributed by atoms with Crippen LogP contribution in [0, 0.1) is 0 Å². The van der Waals surface area contributed by atoms with E-state index in [1.807, 2.05) is 20.2 Å². The Hall–Kier alpha value is -1.81. The molecule has 2 rings (SSSR count). The lowest BCUT2D eigenvalue weighted by Gasteiger charge is -2.06. The van der Waals surface area contributed by atoms with Gasteiger partial charge in [0.25, 0.3) is 0 Å². The molecule has 0 atom stereocenters. The smallest absolute Gasteiger partial charge is 0.336 e. The first-order chi connectivity index (χ1) is 8.52. The number of aromatic nitrogens is 2. The Morgan fingerprint density at radius 2 is 2.17 bits per heavy atom. The SMILES string of the molecule is CCc1nn(C)cc1-c1ccc(Cl)cc1C(=O)O. The predicted molar refractivity (Wildman–Crippen MR) is 70.0 cm³/mol. The maximum absolute atomic E-state index is 11.3. The van der Waals surface area contributed by atoms with Crippen LogP contribution in [0.2, 0.25) is 5.02 Å². The molecule has 1 heterocycles. The van der Waals surface area contributed by atoms with E-state index >= 15 is 0 Å². The van der Waals surface area contributed by atoms with Gasteiger partial charge in [0.1, 0.15) is 0 Å². The van der Waals surface area contributed by atoms with Crippen molar-refractivity contribution < 1.29 is 9.90 Å². The first-order valence-electron chi connectivity index (χ1n) is 5.58. The summed E-state index contributed by atoms with van der Waals surface area (Å²) in [4.78, 5) is 11.3. The van der Waals surface area contributed by atoms with Crippen LogP contribution in [0.25, 0.3) is 11.1 Å². The second-order valence-corrected chi connectivity index (χ2v) is 4.45. The third kappa shape index (κ3) is 2.24. The van der Waals surface area contributed by atoms with Crippen molar-refractivity contribution >= 4 is 17.6 Å². The highest BCUT2D eigenvalue weighted by atomic mass is 35.5. The first-order valence-corrected chi connectivity index (χ1v) is 5.96. The van der Waals surface area contributed by atoms with Crippen LogP contribution in [-0.2, 0) is 13.5 Å². The quantitative estimate of drug-likeness (QED) is 0.927. The number of nitrogens with zero attached hydrogens (tertiary/aromatic N) is 2. The number of carboxylic acids is 1. The summed E-state index contributed by atoms with van der Waals surface area (Å²) in [6, 6.07) is 4.88. The highest BCUT2D eigenvalue weighted by Crippen LogP contribution is 2.29. The number of carbonyl (C=O) groups is 1. The van der Waals surface area contributed by atoms with Gasteiger partial charge in [0, 0.05) is 23.8 Å². The zero-order valence-electron chi connectivity index (χ0n) is 10.1. The van der Waals surface area contributed by atoms with Crippen molar-refractivity contribution in [3.63, 3.8) is 0 Å². The summed E-state index contributed by atoms with van der Waals surface area (Å²) < 4.78 is 1.69. The van der Waals surface area contributed by atoms with E-state index in [4.69, 9.17) is 11.6 Å². The van der Waals surface area contributed by atoms with Gasteiger partial charge >= 0.3 is 5.97 Å². The maximum atomic E-state index is 11.3. The summed E-state index contributed by atoms with van der Waals surface area (Å²) in [7, 11) is 1.82. The first kappa shape index (κ1) is 12.6. The van der Waals surface area contributed by atoms with Crippen LogP contribution in [0.4, 0.5) is 0 Å². The molecular weight excluding hydrogens is 252 g/mol. The third-order valence-electron chi connectivity index (χ3n) is 2.74. The normalized spacial score (nSPS) is 10.6. The summed E-state index contributed by atoms with van der Waals surface area (Å²) in [5.74, 6) is -0.988. The predicted octanol–water partition coefficient (Wildman–Crippen LogP) is 3.00. The number of aryl methyl sites for hydroxylation is 2. The molecule has 0 spiro atoms. The van der Waals surface area contributed by atoms with Gasteiger partial charge in [0.05, 0.1) is 11.3 Å². The van der Waals surface area contributed by atoms with E-state index in [0.717, 1.165) is 17.7 Å². The monoisotopic (exact) mass is 264 g/mol. The van der Waals surface area contributed by atoms with Crippen LogP contribution in [0.1, 0.15) is 23.0 Å². The average molecular weight is 265 g/mol. The summed E-state index contributed by atoms with van der Waals surface area (Å²) in [5.41, 5.74) is 2.57. The van der Waals surface area contributed by atoms with Gasteiger partial charge in [-0.05, 0) is 24.1 Å². The van der Waals surface area contributed by atoms with Crippen molar-refractivity contribution in [2.45, 2.75) is 13.3 Å². The molecule has 2 aromatic rings. The fourth-order valence-electron chi connectivity index (χ4n) is 1.95. The number of hydrogen-bond donors (Lipinski definition) is 1. The maximum Gasteiger partial charge on any atom is 0.336 e. The lowest BCUT2D eigenvalue weighted by Crippen LogP contribution is -2.00. The number of carboxylic acid groups (broad SMARTS) is 1. The standard InChI is InChI=1S/C13H13ClN2O2/c1-3-12-11(7-16(2)15-12)9-5-4-8(14)6-10(9)13(17)18/h4-7H,3H2,1-2H3,(H,17,18). The summed E-state index contributed by atoms with van der Waals surface area (Å²) in [6.45, 7) is 1.99. The number of benzene rings is 1. The molecule has 0 amide bonds. The molecule has 94 valence electrons. The second kappa shape index (κ2) is 4.82. The van der Waals surface area contributed by atoms with Crippen molar-refractivity contribution in [2.75, 3.05) is 0 Å². The van der Waals surface area contributed by atoms with E-state index in [1.54, 1.807) is 16.8 Å². The van der Waals surface area contributed by atoms with Gasteiger partial charge in [-0.25, -0.2) is 4.79 Å². The number of rotatable bonds is 3. The van der Waals surface area contributed by atoms with Gasteiger partial charge in [0.2, 0.25) is 0 Å². The van der Waals surface area contributed by atoms with E-state index in [0.29, 0.717) is 10.6 Å². The minimum atomic E-state index is -0.988. The van der Waals surface area contributed by atoms with Crippen LogP contribution in [-0.4, -0.2) is 20.9 Å². The molecule has 0 saturated heterocycles. The highest BCUT2D eigenvalue weighted by Gasteiger charge is 2.16. The molecule has 1 N–H and O–H groups in total. The van der Waals surface area contributed by atoms with Crippen molar-refractivity contribution in [2.24, 2.45) is 7.05 Å². The van der Waals surface area contributed by atoms with Crippen molar-refractivity contribution in [3.05, 3.63) is 40.7 Å². The molecule has 18 heavy (non-hydrogen) atoms. The Labute approximate surface area is 110 Å². The van der Waals surface area contributed by atoms with E-state index in [9.17, 15) is 9.90 Å². The van der Waals surface area contributed by atoms with Crippen LogP contribution < -0.4 is 0 Å². The Morgan fingerprint density at radius 3 is 2.78 bits per heavy atom. The van der Waals surface area contributed by atoms with Crippen molar-refractivity contribution in [1.29, 1.82) is 0 Å². The van der Waals surface area contributed by atoms with Gasteiger partial charge in [-0.1, -0.05) is 24.6 Å². The van der Waals surface area contributed by atoms with E-state index < -0.39 is 5.97 Å². The molecule has 0 unspecified atom stereocenters. The van der Waals surface area contributed by atoms with E-state index in [2.05, 4.69) is 5.10 Å². The summed E-state index contributed by atoms with van der Waals surface area (Å²) >= 11 is 5.84. The van der Waals surface area contributed by atoms with Gasteiger partial charge in [0.15, 0.2) is 0 Å². The molecule has 0 radical (unpaired) electrons. The van der Waals surface area contributed by atoms with Crippen molar-refractivity contribution in [3.8, 4) is 11.1 Å². The fourth-order valence-corrected chi connectivity index (χ4v) is 2.12. The molecule has 1 aromatic heterocycles. The molecule has 0 bridgehead atoms. The van der Waals surface area contributed by atoms with Gasteiger partial charge < -0.3 is 5.11 Å². The lowest BCUT2D eigenvalue weighted by atomic mass is 9.99. The molecule has 5 heteroatoms. The molecule has 0 aliphatic rings. The summed E-state index contributed by atoms with van der Waals surface area (Å²) in [5, 5.41) is 14.0. The molecule has 0 saturated carbocycles. The largest absolute Gasteiger partial charge is 0.478 e. The fraction of sp³-hybridized carbons (Fsp3) is 0.231. The Balaban J connectivity index is 2.66. The van der Waals surface area contributed by atoms with Crippen molar-refractivity contribution in [1.82, 2.24) is 9.78 Å². The van der Waals surface area contributed by atoms with Gasteiger partial charge in [-0.2, -0.15) is 5.10 Å². The highest BCUT2D eigenvalue weighted by molar-refractivity contribution is 6.31. The zero-order valence-corrected chi connectivity index (χ0v) is 10.9. The summed E-state index contributed by atoms with van der Waals surface area (Å²) in [6.07, 6.45) is 2.58. The van der Waals surface area contributed by atoms with Crippen LogP contribution >= 0.6 is 11.6 Å². The molecule has 4 nitrogen and oxygen atoms in total. The lowest BCUT2D eigenvalue weighted by molar-refractivity contribution is 0.0697. The Bertz CT molecular complexity index is 605. The molecule has 1 aromatic carbocycles. The second-order valence-electron chi connectivity index (χ2n) is 4.01. The molecule has 0 aliphatic carbocycles. The van der Waals surface area contributed by atoms with Crippen LogP contribution in [0.5, 0.6) is 0 Å². The number of aromatic carboxylic acids is 1.